The van der Waals surface area contributed by atoms with Crippen molar-refractivity contribution in [1.82, 2.24) is 10.2 Å². The Morgan fingerprint density at radius 3 is 2.17 bits per heavy atom. The molecule has 5 N–H and O–H groups in total. The fraction of sp³-hybridized carbons (Fsp3) is 0.717. The van der Waals surface area contributed by atoms with Crippen molar-refractivity contribution < 1.29 is 72.7 Å². The summed E-state index contributed by atoms with van der Waals surface area (Å²) in [4.78, 5) is 36.0. The molecule has 1 amide bonds. The highest BCUT2D eigenvalue weighted by atomic mass is 16.7. The Bertz CT molecular complexity index is 1980. The van der Waals surface area contributed by atoms with Crippen LogP contribution in [0.25, 0.3) is 0 Å². The summed E-state index contributed by atoms with van der Waals surface area (Å²) in [5.41, 5.74) is -3.69. The minimum Gasteiger partial charge on any atom is -0.493 e. The van der Waals surface area contributed by atoms with E-state index in [0.29, 0.717) is 30.9 Å². The van der Waals surface area contributed by atoms with Gasteiger partial charge in [-0.25, -0.2) is 4.79 Å². The first-order valence-electron chi connectivity index (χ1n) is 25.2. The van der Waals surface area contributed by atoms with Crippen LogP contribution in [0, 0.1) is 17.8 Å². The number of aliphatic hydroxyl groups is 4. The number of alkyl carbamates (subject to hydrolysis) is 1. The van der Waals surface area contributed by atoms with Crippen LogP contribution in [0.15, 0.2) is 65.8 Å². The average Bonchev–Trinajstić information content (AvgIpc) is 3.33. The monoisotopic (exact) mass is 1000 g/mol. The molecule has 3 heterocycles. The number of hydrogen-bond donors (Lipinski definition) is 5. The number of ether oxygens (including phenoxy) is 8. The number of aliphatic hydroxyl groups excluding tert-OH is 2. The largest absolute Gasteiger partial charge is 0.493 e. The van der Waals surface area contributed by atoms with E-state index < -0.39 is 102 Å². The number of cyclic esters (lactones) is 1. The zero-order chi connectivity index (χ0) is 52.3. The molecule has 0 bridgehead atoms. The van der Waals surface area contributed by atoms with Crippen LogP contribution in [-0.2, 0) is 49.3 Å². The minimum absolute atomic E-state index is 0.0493. The lowest BCUT2D eigenvalue weighted by atomic mass is 9.75. The maximum absolute atomic E-state index is 14.5. The van der Waals surface area contributed by atoms with E-state index >= 15 is 0 Å². The molecule has 18 heteroatoms. The number of nitrogens with zero attached hydrogens (tertiary/aromatic N) is 2. The van der Waals surface area contributed by atoms with Crippen LogP contribution in [0.2, 0.25) is 0 Å². The molecular weight excluding hydrogens is 919 g/mol. The number of amides is 1. The van der Waals surface area contributed by atoms with Crippen LogP contribution in [0.5, 0.6) is 5.75 Å². The summed E-state index contributed by atoms with van der Waals surface area (Å²) in [6, 6.07) is 18.4. The van der Waals surface area contributed by atoms with E-state index in [4.69, 9.17) is 42.7 Å². The smallest absolute Gasteiger partial charge is 0.407 e. The third kappa shape index (κ3) is 15.3. The van der Waals surface area contributed by atoms with Gasteiger partial charge in [-0.05, 0) is 92.6 Å². The number of hydrogen-bond acceptors (Lipinski definition) is 17. The SMILES string of the molecule is CC[C@H]1OC(=O)[C@H](C)[C@@H](O[C@H]2C[C@@](C)(OC)[C@@H](O)[C@H](C)O2)C[C@@H](O[C@@H]2O[C@H](C)C[C@H](N(C)C)[C@H]2OC(=O)NCc2ccccc2)[C@](C)(O)C[C@@H](C)/C(=N/OCCCOc2ccccc2)[C@H](C)[C@@H](O)[C@]1(C)O. The van der Waals surface area contributed by atoms with Crippen molar-refractivity contribution >= 4 is 17.8 Å². The van der Waals surface area contributed by atoms with E-state index in [1.165, 1.54) is 14.0 Å². The quantitative estimate of drug-likeness (QED) is 0.0767. The van der Waals surface area contributed by atoms with Crippen molar-refractivity contribution in [1.29, 1.82) is 0 Å². The molecular formula is C53H83N3O15. The van der Waals surface area contributed by atoms with E-state index in [0.717, 1.165) is 5.56 Å². The Balaban J connectivity index is 1.56. The Morgan fingerprint density at radius 1 is 0.873 bits per heavy atom. The second-order valence-corrected chi connectivity index (χ2v) is 20.7. The van der Waals surface area contributed by atoms with Crippen molar-refractivity contribution in [2.75, 3.05) is 34.4 Å². The van der Waals surface area contributed by atoms with E-state index in [2.05, 4.69) is 10.5 Å². The molecule has 0 spiro atoms. The van der Waals surface area contributed by atoms with Gasteiger partial charge < -0.3 is 73.4 Å². The Hall–Kier alpha value is -3.95. The molecule has 0 radical (unpaired) electrons. The Kier molecular flexibility index (Phi) is 21.1. The summed E-state index contributed by atoms with van der Waals surface area (Å²) < 4.78 is 50.4. The standard InChI is InChI=1S/C53H83N3O15/c1-13-41-53(9,62)46(57)35(5)44(55-65-26-20-25-64-38-23-18-15-19-24-38)32(2)29-51(7,61)42(28-40(34(4)48(59)69-41)68-43-30-52(8,63-12)47(58)36(6)67-43)70-49-45(39(56(10)11)27-33(3)66-49)71-50(60)54-31-37-21-16-14-17-22-37/h14-19,21-24,32-36,39-43,45-47,49,57-58,61-62H,13,20,25-31H2,1-12H3,(H,54,60)/b55-44-/t32-,33-,34-,35+,36+,39+,40+,41-,42-,43+,45-,46-,47+,49+,51-,52-,53-/m1/s1. The van der Waals surface area contributed by atoms with Crippen molar-refractivity contribution in [2.24, 2.45) is 22.9 Å². The molecule has 71 heavy (non-hydrogen) atoms. The predicted octanol–water partition coefficient (Wildman–Crippen LogP) is 5.75. The molecule has 0 aliphatic carbocycles. The number of likely N-dealkylation sites (N-methyl/N-ethyl adjacent to an activating group) is 1. The molecule has 400 valence electrons. The van der Waals surface area contributed by atoms with Crippen molar-refractivity contribution in [3.8, 4) is 5.75 Å². The van der Waals surface area contributed by atoms with Gasteiger partial charge in [0.15, 0.2) is 18.7 Å². The Labute approximate surface area is 420 Å². The van der Waals surface area contributed by atoms with Crippen LogP contribution in [0.4, 0.5) is 4.79 Å². The second kappa shape index (κ2) is 25.8. The lowest BCUT2D eigenvalue weighted by molar-refractivity contribution is -0.307. The molecule has 2 aromatic carbocycles. The first-order valence-corrected chi connectivity index (χ1v) is 25.2. The maximum atomic E-state index is 14.5. The predicted molar refractivity (Wildman–Crippen MR) is 264 cm³/mol. The van der Waals surface area contributed by atoms with Crippen molar-refractivity contribution in [3.63, 3.8) is 0 Å². The maximum Gasteiger partial charge on any atom is 0.407 e. The van der Waals surface area contributed by atoms with Gasteiger partial charge in [0.25, 0.3) is 0 Å². The lowest BCUT2D eigenvalue weighted by Gasteiger charge is -2.47. The third-order valence-electron chi connectivity index (χ3n) is 14.5. The average molecular weight is 1000 g/mol. The van der Waals surface area contributed by atoms with E-state index in [-0.39, 0.29) is 51.0 Å². The summed E-state index contributed by atoms with van der Waals surface area (Å²) in [6.45, 7) is 16.0. The normalized spacial score (nSPS) is 38.2. The lowest BCUT2D eigenvalue weighted by Crippen LogP contribution is -2.60. The number of esters is 1. The number of oxime groups is 1. The van der Waals surface area contributed by atoms with Crippen LogP contribution in [-0.4, -0.2) is 162 Å². The van der Waals surface area contributed by atoms with Gasteiger partial charge in [0.2, 0.25) is 0 Å². The fourth-order valence-corrected chi connectivity index (χ4v) is 10.00. The molecule has 2 aromatic rings. The highest BCUT2D eigenvalue weighted by molar-refractivity contribution is 5.88. The molecule has 18 nitrogen and oxygen atoms in total. The van der Waals surface area contributed by atoms with Gasteiger partial charge in [-0.1, -0.05) is 74.5 Å². The number of rotatable bonds is 16. The van der Waals surface area contributed by atoms with Crippen LogP contribution in [0.1, 0.15) is 106 Å². The second-order valence-electron chi connectivity index (χ2n) is 20.7. The summed E-state index contributed by atoms with van der Waals surface area (Å²) in [5.74, 6) is -2.66. The number of para-hydroxylation sites is 1. The first kappa shape index (κ1) is 57.9. The number of carbonyl (C=O) groups excluding carboxylic acids is 2. The Morgan fingerprint density at radius 2 is 1.54 bits per heavy atom. The van der Waals surface area contributed by atoms with Gasteiger partial charge in [0.1, 0.15) is 30.2 Å². The van der Waals surface area contributed by atoms with Crippen LogP contribution >= 0.6 is 0 Å². The van der Waals surface area contributed by atoms with Gasteiger partial charge in [0.05, 0.1) is 66.0 Å². The number of methoxy groups -OCH3 is 1. The van der Waals surface area contributed by atoms with Gasteiger partial charge in [-0.3, -0.25) is 4.79 Å². The van der Waals surface area contributed by atoms with Crippen molar-refractivity contribution in [3.05, 3.63) is 66.2 Å². The van der Waals surface area contributed by atoms with E-state index in [9.17, 15) is 30.0 Å². The summed E-state index contributed by atoms with van der Waals surface area (Å²) in [7, 11) is 5.24. The zero-order valence-corrected chi connectivity index (χ0v) is 43.9. The van der Waals surface area contributed by atoms with Gasteiger partial charge in [-0.2, -0.15) is 0 Å². The van der Waals surface area contributed by atoms with Crippen molar-refractivity contribution in [2.45, 2.75) is 192 Å². The number of benzene rings is 2. The topological polar surface area (TPSA) is 226 Å². The van der Waals surface area contributed by atoms with Gasteiger partial charge >= 0.3 is 12.1 Å². The zero-order valence-electron chi connectivity index (χ0n) is 43.9. The highest BCUT2D eigenvalue weighted by Gasteiger charge is 2.52. The molecule has 3 fully saturated rings. The summed E-state index contributed by atoms with van der Waals surface area (Å²) >= 11 is 0. The summed E-state index contributed by atoms with van der Waals surface area (Å²) in [6.07, 6.45) is -10.2. The molecule has 0 aromatic heterocycles. The van der Waals surface area contributed by atoms with Gasteiger partial charge in [0, 0.05) is 44.8 Å². The molecule has 3 aliphatic rings. The highest BCUT2D eigenvalue weighted by Crippen LogP contribution is 2.39. The molecule has 0 unspecified atom stereocenters. The van der Waals surface area contributed by atoms with Gasteiger partial charge in [-0.15, -0.1) is 0 Å². The summed E-state index contributed by atoms with van der Waals surface area (Å²) in [5, 5.41) is 55.8. The minimum atomic E-state index is -1.99. The third-order valence-corrected chi connectivity index (χ3v) is 14.5. The number of carbonyl (C=O) groups is 2. The number of nitrogens with one attached hydrogen (secondary N) is 1. The van der Waals surface area contributed by atoms with E-state index in [1.54, 1.807) is 41.5 Å². The molecule has 3 saturated heterocycles. The first-order chi connectivity index (χ1) is 33.5. The molecule has 0 saturated carbocycles. The molecule has 5 rings (SSSR count). The van der Waals surface area contributed by atoms with E-state index in [1.807, 2.05) is 93.5 Å². The fourth-order valence-electron chi connectivity index (χ4n) is 10.00. The van der Waals surface area contributed by atoms with Crippen LogP contribution in [0.3, 0.4) is 0 Å². The molecule has 3 aliphatic heterocycles. The molecule has 17 atom stereocenters. The van der Waals surface area contributed by atoms with Crippen LogP contribution < -0.4 is 10.1 Å².